The van der Waals surface area contributed by atoms with Crippen molar-refractivity contribution in [2.45, 2.75) is 41.5 Å². The second-order valence-corrected chi connectivity index (χ2v) is 6.30. The molecule has 0 aromatic heterocycles. The van der Waals surface area contributed by atoms with Crippen LogP contribution in [0.2, 0.25) is 0 Å². The van der Waals surface area contributed by atoms with Crippen molar-refractivity contribution in [3.8, 4) is 5.75 Å². The van der Waals surface area contributed by atoms with E-state index in [1.54, 1.807) is 20.1 Å². The first kappa shape index (κ1) is 21.5. The Hall–Kier alpha value is -2.55. The predicted octanol–water partition coefficient (Wildman–Crippen LogP) is 5.65. The molecule has 1 aromatic carbocycles. The number of rotatable bonds is 7. The Kier molecular flexibility index (Phi) is 8.63. The van der Waals surface area contributed by atoms with Gasteiger partial charge in [0, 0.05) is 6.08 Å². The number of allylic oxidation sites excluding steroid dienone is 6. The van der Waals surface area contributed by atoms with Gasteiger partial charge in [0.15, 0.2) is 0 Å². The molecule has 140 valence electrons. The van der Waals surface area contributed by atoms with Crippen molar-refractivity contribution < 1.29 is 14.3 Å². The van der Waals surface area contributed by atoms with Gasteiger partial charge in [-0.2, -0.15) is 0 Å². The summed E-state index contributed by atoms with van der Waals surface area (Å²) in [5.41, 5.74) is 6.92. The van der Waals surface area contributed by atoms with E-state index in [4.69, 9.17) is 9.47 Å². The van der Waals surface area contributed by atoms with Crippen LogP contribution in [0, 0.1) is 20.8 Å². The van der Waals surface area contributed by atoms with Gasteiger partial charge in [-0.3, -0.25) is 0 Å². The molecule has 0 unspecified atom stereocenters. The van der Waals surface area contributed by atoms with Crippen molar-refractivity contribution in [1.29, 1.82) is 0 Å². The number of benzene rings is 1. The van der Waals surface area contributed by atoms with Crippen molar-refractivity contribution in [3.63, 3.8) is 0 Å². The number of hydrogen-bond acceptors (Lipinski definition) is 3. The minimum Gasteiger partial charge on any atom is -0.496 e. The molecule has 0 fully saturated rings. The number of hydrogen-bond donors (Lipinski definition) is 0. The van der Waals surface area contributed by atoms with Gasteiger partial charge in [0.05, 0.1) is 13.7 Å². The summed E-state index contributed by atoms with van der Waals surface area (Å²) < 4.78 is 10.3. The van der Waals surface area contributed by atoms with Crippen molar-refractivity contribution in [1.82, 2.24) is 0 Å². The fourth-order valence-corrected chi connectivity index (χ4v) is 2.51. The minimum atomic E-state index is -0.318. The van der Waals surface area contributed by atoms with Gasteiger partial charge < -0.3 is 9.47 Å². The summed E-state index contributed by atoms with van der Waals surface area (Å²) in [5, 5.41) is 0. The molecule has 0 atom stereocenters. The third kappa shape index (κ3) is 6.40. The molecule has 0 amide bonds. The van der Waals surface area contributed by atoms with Crippen LogP contribution in [0.5, 0.6) is 5.75 Å². The molecular formula is C23H30O3. The molecule has 0 aliphatic carbocycles. The molecule has 0 bridgehead atoms. The molecule has 1 rings (SSSR count). The van der Waals surface area contributed by atoms with Crippen LogP contribution in [0.3, 0.4) is 0 Å². The smallest absolute Gasteiger partial charge is 0.330 e. The first-order valence-electron chi connectivity index (χ1n) is 8.83. The van der Waals surface area contributed by atoms with E-state index in [9.17, 15) is 4.79 Å². The van der Waals surface area contributed by atoms with Crippen LogP contribution in [0.25, 0.3) is 6.08 Å². The van der Waals surface area contributed by atoms with Crippen molar-refractivity contribution in [2.75, 3.05) is 13.7 Å². The molecule has 0 radical (unpaired) electrons. The Balaban J connectivity index is 2.92. The maximum Gasteiger partial charge on any atom is 0.330 e. The van der Waals surface area contributed by atoms with Gasteiger partial charge in [-0.1, -0.05) is 41.5 Å². The molecule has 0 saturated heterocycles. The number of aryl methyl sites for hydroxylation is 1. The summed E-state index contributed by atoms with van der Waals surface area (Å²) in [6, 6.07) is 2.07. The predicted molar refractivity (Wildman–Crippen MR) is 110 cm³/mol. The summed E-state index contributed by atoms with van der Waals surface area (Å²) in [5.74, 6) is 0.609. The quantitative estimate of drug-likeness (QED) is 0.361. The van der Waals surface area contributed by atoms with E-state index < -0.39 is 0 Å². The fraction of sp³-hybridized carbons (Fsp3) is 0.348. The zero-order valence-corrected chi connectivity index (χ0v) is 17.0. The molecule has 0 aliphatic rings. The minimum absolute atomic E-state index is 0.318. The van der Waals surface area contributed by atoms with Crippen LogP contribution in [-0.4, -0.2) is 19.7 Å². The SMILES string of the molecule is CCOC(=O)C=CC(C)=CC=C(C)C=Cc1c(C)cc(OC)c(C)c1C. The van der Waals surface area contributed by atoms with E-state index in [0.717, 1.165) is 16.9 Å². The Morgan fingerprint density at radius 3 is 2.19 bits per heavy atom. The van der Waals surface area contributed by atoms with Gasteiger partial charge in [0.1, 0.15) is 5.75 Å². The zero-order chi connectivity index (χ0) is 19.7. The van der Waals surface area contributed by atoms with Gasteiger partial charge in [-0.15, -0.1) is 0 Å². The second kappa shape index (κ2) is 10.4. The third-order valence-electron chi connectivity index (χ3n) is 4.22. The van der Waals surface area contributed by atoms with Crippen LogP contribution in [-0.2, 0) is 9.53 Å². The number of esters is 1. The average molecular weight is 354 g/mol. The number of methoxy groups -OCH3 is 1. The van der Waals surface area contributed by atoms with Gasteiger partial charge in [-0.05, 0) is 69.9 Å². The topological polar surface area (TPSA) is 35.5 Å². The molecule has 0 N–H and O–H groups in total. The molecular weight excluding hydrogens is 324 g/mol. The van der Waals surface area contributed by atoms with E-state index in [1.165, 1.54) is 28.3 Å². The van der Waals surface area contributed by atoms with Gasteiger partial charge in [0.25, 0.3) is 0 Å². The van der Waals surface area contributed by atoms with Crippen LogP contribution >= 0.6 is 0 Å². The molecule has 26 heavy (non-hydrogen) atoms. The van der Waals surface area contributed by atoms with Crippen molar-refractivity contribution in [2.24, 2.45) is 0 Å². The lowest BCUT2D eigenvalue weighted by molar-refractivity contribution is -0.137. The van der Waals surface area contributed by atoms with E-state index >= 15 is 0 Å². The van der Waals surface area contributed by atoms with Gasteiger partial charge in [0.2, 0.25) is 0 Å². The van der Waals surface area contributed by atoms with E-state index in [0.29, 0.717) is 6.61 Å². The highest BCUT2D eigenvalue weighted by Crippen LogP contribution is 2.28. The monoisotopic (exact) mass is 354 g/mol. The van der Waals surface area contributed by atoms with Crippen LogP contribution < -0.4 is 4.74 Å². The highest BCUT2D eigenvalue weighted by atomic mass is 16.5. The first-order valence-corrected chi connectivity index (χ1v) is 8.83. The van der Waals surface area contributed by atoms with Crippen molar-refractivity contribution >= 4 is 12.0 Å². The largest absolute Gasteiger partial charge is 0.496 e. The lowest BCUT2D eigenvalue weighted by atomic mass is 9.96. The van der Waals surface area contributed by atoms with Crippen LogP contribution in [0.15, 0.2) is 47.6 Å². The molecule has 3 heteroatoms. The zero-order valence-electron chi connectivity index (χ0n) is 17.0. The normalized spacial score (nSPS) is 12.9. The Labute approximate surface area is 157 Å². The van der Waals surface area contributed by atoms with E-state index in [1.807, 2.05) is 19.1 Å². The van der Waals surface area contributed by atoms with Gasteiger partial charge in [-0.25, -0.2) is 4.79 Å². The standard InChI is InChI=1S/C23H30O3/c1-8-26-23(24)14-12-17(3)10-9-16(2)11-13-21-18(4)15-22(25-7)20(6)19(21)5/h9-15H,8H2,1-7H3. The molecule has 3 nitrogen and oxygen atoms in total. The highest BCUT2D eigenvalue weighted by Gasteiger charge is 2.08. The van der Waals surface area contributed by atoms with Gasteiger partial charge >= 0.3 is 5.97 Å². The number of carbonyl (C=O) groups is 1. The van der Waals surface area contributed by atoms with E-state index in [2.05, 4.69) is 45.9 Å². The Bertz CT molecular complexity index is 762. The maximum absolute atomic E-state index is 11.3. The molecule has 1 aromatic rings. The number of ether oxygens (including phenoxy) is 2. The lowest BCUT2D eigenvalue weighted by Gasteiger charge is -2.13. The summed E-state index contributed by atoms with van der Waals surface area (Å²) in [4.78, 5) is 11.3. The molecule has 0 aliphatic heterocycles. The second-order valence-electron chi connectivity index (χ2n) is 6.30. The van der Waals surface area contributed by atoms with Crippen LogP contribution in [0.1, 0.15) is 43.0 Å². The summed E-state index contributed by atoms with van der Waals surface area (Å²) in [6.45, 7) is 12.5. The third-order valence-corrected chi connectivity index (χ3v) is 4.22. The van der Waals surface area contributed by atoms with E-state index in [-0.39, 0.29) is 5.97 Å². The van der Waals surface area contributed by atoms with Crippen LogP contribution in [0.4, 0.5) is 0 Å². The summed E-state index contributed by atoms with van der Waals surface area (Å²) in [7, 11) is 1.70. The molecule has 0 spiro atoms. The first-order chi connectivity index (χ1) is 12.3. The van der Waals surface area contributed by atoms with Crippen molar-refractivity contribution in [3.05, 3.63) is 69.8 Å². The highest BCUT2D eigenvalue weighted by molar-refractivity contribution is 5.82. The maximum atomic E-state index is 11.3. The molecule has 0 saturated carbocycles. The molecule has 0 heterocycles. The average Bonchev–Trinajstić information content (AvgIpc) is 2.61. The summed E-state index contributed by atoms with van der Waals surface area (Å²) >= 11 is 0. The Morgan fingerprint density at radius 1 is 1.00 bits per heavy atom. The fourth-order valence-electron chi connectivity index (χ4n) is 2.51. The number of carbonyl (C=O) groups excluding carboxylic acids is 1. The Morgan fingerprint density at radius 2 is 1.62 bits per heavy atom. The summed E-state index contributed by atoms with van der Waals surface area (Å²) in [6.07, 6.45) is 11.4. The lowest BCUT2D eigenvalue weighted by Crippen LogP contribution is -1.98.